The minimum Gasteiger partial charge on any atom is -0.398 e. The second kappa shape index (κ2) is 4.27. The fraction of sp³-hybridized carbons (Fsp3) is 0.615. The smallest absolute Gasteiger partial charge is 0.0635 e. The van der Waals surface area contributed by atoms with Gasteiger partial charge in [0.1, 0.15) is 0 Å². The number of ether oxygens (including phenoxy) is 1. The van der Waals surface area contributed by atoms with Gasteiger partial charge in [-0.25, -0.2) is 0 Å². The number of anilines is 1. The number of nitrogens with two attached hydrogens (primary N) is 1. The predicted molar refractivity (Wildman–Crippen MR) is 64.4 cm³/mol. The molecule has 2 fully saturated rings. The van der Waals surface area contributed by atoms with Crippen molar-refractivity contribution < 1.29 is 9.84 Å². The van der Waals surface area contributed by atoms with Gasteiger partial charge in [0.05, 0.1) is 18.3 Å². The molecule has 0 spiro atoms. The molecule has 1 aromatic heterocycles. The van der Waals surface area contributed by atoms with Gasteiger partial charge in [-0.15, -0.1) is 0 Å². The van der Waals surface area contributed by atoms with Gasteiger partial charge < -0.3 is 15.6 Å². The lowest BCUT2D eigenvalue weighted by Gasteiger charge is -2.24. The van der Waals surface area contributed by atoms with Gasteiger partial charge in [0.25, 0.3) is 0 Å². The van der Waals surface area contributed by atoms with E-state index >= 15 is 0 Å². The molecule has 3 rings (SSSR count). The lowest BCUT2D eigenvalue weighted by Crippen LogP contribution is -2.31. The molecule has 1 aromatic rings. The maximum absolute atomic E-state index is 10.3. The zero-order valence-electron chi connectivity index (χ0n) is 9.75. The predicted octanol–water partition coefficient (Wildman–Crippen LogP) is 1.13. The van der Waals surface area contributed by atoms with Crippen LogP contribution in [0.3, 0.4) is 0 Å². The van der Waals surface area contributed by atoms with E-state index < -0.39 is 0 Å². The van der Waals surface area contributed by atoms with Gasteiger partial charge in [-0.3, -0.25) is 4.98 Å². The summed E-state index contributed by atoms with van der Waals surface area (Å²) in [5.74, 6) is 0.272. The minimum absolute atomic E-state index is 0.257. The molecule has 4 heteroatoms. The standard InChI is InChI=1S/C13H18N2O2/c14-11-3-4-15-7-8(11)5-12(16)10-6-9-1-2-13(10)17-9/h3-4,7,9-10,12-13,16H,1-2,5-6H2,(H2,14,15). The van der Waals surface area contributed by atoms with Crippen LogP contribution < -0.4 is 5.73 Å². The zero-order chi connectivity index (χ0) is 11.8. The van der Waals surface area contributed by atoms with Crippen LogP contribution in [0.5, 0.6) is 0 Å². The zero-order valence-corrected chi connectivity index (χ0v) is 9.75. The second-order valence-electron chi connectivity index (χ2n) is 5.12. The molecule has 2 aliphatic rings. The fourth-order valence-electron chi connectivity index (χ4n) is 3.07. The number of aliphatic hydroxyl groups excluding tert-OH is 1. The van der Waals surface area contributed by atoms with Crippen LogP contribution in [0.25, 0.3) is 0 Å². The molecule has 3 N–H and O–H groups in total. The van der Waals surface area contributed by atoms with Gasteiger partial charge in [-0.05, 0) is 30.9 Å². The van der Waals surface area contributed by atoms with Crippen LogP contribution in [0.4, 0.5) is 5.69 Å². The van der Waals surface area contributed by atoms with E-state index in [1.54, 1.807) is 18.5 Å². The van der Waals surface area contributed by atoms with E-state index in [-0.39, 0.29) is 18.1 Å². The Labute approximate surface area is 101 Å². The highest BCUT2D eigenvalue weighted by Gasteiger charge is 2.43. The summed E-state index contributed by atoms with van der Waals surface area (Å²) in [6, 6.07) is 1.78. The molecule has 0 saturated carbocycles. The first-order valence-electron chi connectivity index (χ1n) is 6.26. The Hall–Kier alpha value is -1.13. The maximum atomic E-state index is 10.3. The molecular weight excluding hydrogens is 216 g/mol. The Morgan fingerprint density at radius 2 is 2.41 bits per heavy atom. The van der Waals surface area contributed by atoms with Crippen molar-refractivity contribution in [3.05, 3.63) is 24.0 Å². The molecule has 2 saturated heterocycles. The second-order valence-corrected chi connectivity index (χ2v) is 5.12. The van der Waals surface area contributed by atoms with Gasteiger partial charge in [-0.1, -0.05) is 0 Å². The number of hydrogen-bond acceptors (Lipinski definition) is 4. The summed E-state index contributed by atoms with van der Waals surface area (Å²) in [4.78, 5) is 4.05. The van der Waals surface area contributed by atoms with Crippen molar-refractivity contribution in [3.63, 3.8) is 0 Å². The van der Waals surface area contributed by atoms with E-state index in [1.807, 2.05) is 0 Å². The normalized spacial score (nSPS) is 32.9. The largest absolute Gasteiger partial charge is 0.398 e. The Bertz CT molecular complexity index is 410. The highest BCUT2D eigenvalue weighted by atomic mass is 16.5. The number of nitrogens with zero attached hydrogens (tertiary/aromatic N) is 1. The number of nitrogen functional groups attached to an aromatic ring is 1. The molecule has 0 aliphatic carbocycles. The van der Waals surface area contributed by atoms with Crippen LogP contribution in [0, 0.1) is 5.92 Å². The maximum Gasteiger partial charge on any atom is 0.0635 e. The molecule has 92 valence electrons. The lowest BCUT2D eigenvalue weighted by molar-refractivity contribution is 0.0432. The molecule has 3 heterocycles. The van der Waals surface area contributed by atoms with Gasteiger partial charge in [0.2, 0.25) is 0 Å². The topological polar surface area (TPSA) is 68.4 Å². The van der Waals surface area contributed by atoms with Crippen molar-refractivity contribution in [2.24, 2.45) is 5.92 Å². The van der Waals surface area contributed by atoms with Crippen molar-refractivity contribution in [1.29, 1.82) is 0 Å². The van der Waals surface area contributed by atoms with Crippen molar-refractivity contribution in [1.82, 2.24) is 4.98 Å². The SMILES string of the molecule is Nc1ccncc1CC(O)C1CC2CCC1O2. The van der Waals surface area contributed by atoms with E-state index in [9.17, 15) is 5.11 Å². The van der Waals surface area contributed by atoms with Gasteiger partial charge in [0.15, 0.2) is 0 Å². The quantitative estimate of drug-likeness (QED) is 0.822. The highest BCUT2D eigenvalue weighted by molar-refractivity contribution is 5.44. The summed E-state index contributed by atoms with van der Waals surface area (Å²) < 4.78 is 5.77. The van der Waals surface area contributed by atoms with Crippen LogP contribution >= 0.6 is 0 Å². The number of aliphatic hydroxyl groups is 1. The first-order valence-corrected chi connectivity index (χ1v) is 6.26. The van der Waals surface area contributed by atoms with Crippen LogP contribution in [0.1, 0.15) is 24.8 Å². The van der Waals surface area contributed by atoms with Crippen molar-refractivity contribution in [2.75, 3.05) is 5.73 Å². The van der Waals surface area contributed by atoms with Crippen molar-refractivity contribution >= 4 is 5.69 Å². The van der Waals surface area contributed by atoms with Crippen LogP contribution in [0.2, 0.25) is 0 Å². The average molecular weight is 234 g/mol. The molecule has 17 heavy (non-hydrogen) atoms. The van der Waals surface area contributed by atoms with Crippen LogP contribution in [0.15, 0.2) is 18.5 Å². The number of aromatic nitrogens is 1. The fourth-order valence-corrected chi connectivity index (χ4v) is 3.07. The summed E-state index contributed by atoms with van der Waals surface area (Å²) in [5, 5.41) is 10.3. The van der Waals surface area contributed by atoms with Gasteiger partial charge in [-0.2, -0.15) is 0 Å². The number of pyridine rings is 1. The third-order valence-electron chi connectivity index (χ3n) is 4.02. The lowest BCUT2D eigenvalue weighted by atomic mass is 9.83. The molecule has 2 aliphatic heterocycles. The number of fused-ring (bicyclic) bond motifs is 2. The first-order chi connectivity index (χ1) is 8.24. The van der Waals surface area contributed by atoms with E-state index in [0.29, 0.717) is 18.2 Å². The Kier molecular flexibility index (Phi) is 2.76. The summed E-state index contributed by atoms with van der Waals surface area (Å²) in [6.45, 7) is 0. The highest BCUT2D eigenvalue weighted by Crippen LogP contribution is 2.41. The number of rotatable bonds is 3. The van der Waals surface area contributed by atoms with E-state index in [4.69, 9.17) is 10.5 Å². The molecular formula is C13H18N2O2. The third kappa shape index (κ3) is 2.03. The Morgan fingerprint density at radius 1 is 1.53 bits per heavy atom. The third-order valence-corrected chi connectivity index (χ3v) is 4.02. The van der Waals surface area contributed by atoms with E-state index in [0.717, 1.165) is 24.8 Å². The summed E-state index contributed by atoms with van der Waals surface area (Å²) in [5.41, 5.74) is 7.51. The monoisotopic (exact) mass is 234 g/mol. The molecule has 4 nitrogen and oxygen atoms in total. The van der Waals surface area contributed by atoms with Gasteiger partial charge in [0, 0.05) is 30.4 Å². The van der Waals surface area contributed by atoms with Crippen molar-refractivity contribution in [3.8, 4) is 0 Å². The Balaban J connectivity index is 1.68. The summed E-state index contributed by atoms with van der Waals surface area (Å²) >= 11 is 0. The summed E-state index contributed by atoms with van der Waals surface area (Å²) in [6.07, 6.45) is 7.51. The molecule has 4 unspecified atom stereocenters. The van der Waals surface area contributed by atoms with Crippen LogP contribution in [-0.4, -0.2) is 28.4 Å². The molecule has 2 bridgehead atoms. The minimum atomic E-state index is -0.364. The van der Waals surface area contributed by atoms with Crippen LogP contribution in [-0.2, 0) is 11.2 Å². The molecule has 0 amide bonds. The molecule has 0 radical (unpaired) electrons. The van der Waals surface area contributed by atoms with E-state index in [1.165, 1.54) is 0 Å². The average Bonchev–Trinajstić information content (AvgIpc) is 2.94. The Morgan fingerprint density at radius 3 is 3.06 bits per heavy atom. The van der Waals surface area contributed by atoms with E-state index in [2.05, 4.69) is 4.98 Å². The number of hydrogen-bond donors (Lipinski definition) is 2. The summed E-state index contributed by atoms with van der Waals surface area (Å²) in [7, 11) is 0. The molecule has 4 atom stereocenters. The first kappa shape index (κ1) is 11.0. The molecule has 0 aromatic carbocycles. The van der Waals surface area contributed by atoms with Crippen molar-refractivity contribution in [2.45, 2.75) is 44.0 Å². The van der Waals surface area contributed by atoms with Gasteiger partial charge >= 0.3 is 0 Å².